The molecule has 1 aliphatic rings. The number of methoxy groups -OCH3 is 1. The summed E-state index contributed by atoms with van der Waals surface area (Å²) in [6.07, 6.45) is 2.62. The Morgan fingerprint density at radius 1 is 1.38 bits per heavy atom. The van der Waals surface area contributed by atoms with Gasteiger partial charge in [0.2, 0.25) is 0 Å². The molecule has 1 N–H and O–H groups in total. The summed E-state index contributed by atoms with van der Waals surface area (Å²) in [5.74, 6) is 0.602. The topological polar surface area (TPSA) is 24.5 Å². The van der Waals surface area contributed by atoms with Crippen molar-refractivity contribution in [1.29, 1.82) is 0 Å². The quantitative estimate of drug-likeness (QED) is 0.752. The predicted molar refractivity (Wildman–Crippen MR) is 90.2 cm³/mol. The molecule has 0 saturated heterocycles. The summed E-state index contributed by atoms with van der Waals surface area (Å²) in [5.41, 5.74) is 2.56. The van der Waals surface area contributed by atoms with Crippen molar-refractivity contribution >= 4 is 17.3 Å². The van der Waals surface area contributed by atoms with Crippen LogP contribution in [0.1, 0.15) is 32.3 Å². The van der Waals surface area contributed by atoms with Gasteiger partial charge in [0.05, 0.1) is 6.61 Å². The smallest absolute Gasteiger partial charge is 0.0637 e. The first kappa shape index (κ1) is 16.6. The number of hydrogen-bond donors (Lipinski definition) is 1. The minimum atomic E-state index is 0.602. The fourth-order valence-corrected chi connectivity index (χ4v) is 2.64. The van der Waals surface area contributed by atoms with Gasteiger partial charge in [-0.3, -0.25) is 0 Å². The molecule has 2 rings (SSSR count). The van der Waals surface area contributed by atoms with Crippen LogP contribution < -0.4 is 10.2 Å². The number of hydrogen-bond acceptors (Lipinski definition) is 3. The maximum absolute atomic E-state index is 6.23. The van der Waals surface area contributed by atoms with Gasteiger partial charge in [0, 0.05) is 43.5 Å². The van der Waals surface area contributed by atoms with Crippen molar-refractivity contribution < 1.29 is 4.74 Å². The Kier molecular flexibility index (Phi) is 6.34. The first-order valence-corrected chi connectivity index (χ1v) is 8.23. The third-order valence-corrected chi connectivity index (χ3v) is 3.93. The Hall–Kier alpha value is -0.770. The van der Waals surface area contributed by atoms with E-state index < -0.39 is 0 Å². The molecule has 4 heteroatoms. The molecule has 118 valence electrons. The summed E-state index contributed by atoms with van der Waals surface area (Å²) in [6.45, 7) is 8.04. The number of nitrogens with zero attached hydrogens (tertiary/aromatic N) is 1. The molecule has 0 spiro atoms. The maximum atomic E-state index is 6.23. The van der Waals surface area contributed by atoms with E-state index in [1.54, 1.807) is 7.11 Å². The van der Waals surface area contributed by atoms with Gasteiger partial charge in [0.25, 0.3) is 0 Å². The van der Waals surface area contributed by atoms with Gasteiger partial charge in [-0.25, -0.2) is 0 Å². The van der Waals surface area contributed by atoms with Crippen LogP contribution in [0.5, 0.6) is 0 Å². The highest BCUT2D eigenvalue weighted by molar-refractivity contribution is 6.30. The van der Waals surface area contributed by atoms with E-state index >= 15 is 0 Å². The van der Waals surface area contributed by atoms with Crippen molar-refractivity contribution in [1.82, 2.24) is 5.32 Å². The highest BCUT2D eigenvalue weighted by Crippen LogP contribution is 2.27. The summed E-state index contributed by atoms with van der Waals surface area (Å²) < 4.78 is 5.26. The van der Waals surface area contributed by atoms with Crippen LogP contribution in [0.15, 0.2) is 18.2 Å². The minimum absolute atomic E-state index is 0.602. The van der Waals surface area contributed by atoms with Crippen molar-refractivity contribution in [2.24, 2.45) is 5.92 Å². The Morgan fingerprint density at radius 2 is 2.14 bits per heavy atom. The highest BCUT2D eigenvalue weighted by Gasteiger charge is 2.21. The number of anilines is 1. The van der Waals surface area contributed by atoms with Crippen molar-refractivity contribution in [2.45, 2.75) is 39.3 Å². The molecule has 1 saturated carbocycles. The van der Waals surface area contributed by atoms with E-state index in [9.17, 15) is 0 Å². The monoisotopic (exact) mass is 310 g/mol. The van der Waals surface area contributed by atoms with E-state index in [1.807, 2.05) is 6.07 Å². The lowest BCUT2D eigenvalue weighted by atomic mass is 10.1. The molecule has 0 radical (unpaired) electrons. The zero-order chi connectivity index (χ0) is 15.2. The van der Waals surface area contributed by atoms with Crippen LogP contribution in [0, 0.1) is 5.92 Å². The molecule has 0 amide bonds. The molecule has 1 fully saturated rings. The minimum Gasteiger partial charge on any atom is -0.383 e. The summed E-state index contributed by atoms with van der Waals surface area (Å²) >= 11 is 6.23. The van der Waals surface area contributed by atoms with E-state index in [-0.39, 0.29) is 0 Å². The second kappa shape index (κ2) is 8.02. The van der Waals surface area contributed by atoms with Crippen molar-refractivity contribution in [3.8, 4) is 0 Å². The third-order valence-electron chi connectivity index (χ3n) is 3.70. The molecular formula is C17H27ClN2O. The lowest BCUT2D eigenvalue weighted by Gasteiger charge is -2.29. The van der Waals surface area contributed by atoms with Crippen LogP contribution in [0.2, 0.25) is 5.02 Å². The Morgan fingerprint density at radius 3 is 2.76 bits per heavy atom. The zero-order valence-corrected chi connectivity index (χ0v) is 14.1. The lowest BCUT2D eigenvalue weighted by molar-refractivity contribution is 0.204. The molecule has 0 aromatic heterocycles. The number of rotatable bonds is 9. The summed E-state index contributed by atoms with van der Waals surface area (Å²) in [4.78, 5) is 2.39. The summed E-state index contributed by atoms with van der Waals surface area (Å²) in [7, 11) is 1.75. The third kappa shape index (κ3) is 5.50. The highest BCUT2D eigenvalue weighted by atomic mass is 35.5. The number of ether oxygens (including phenoxy) is 1. The van der Waals surface area contributed by atoms with E-state index in [0.29, 0.717) is 12.0 Å². The Bertz CT molecular complexity index is 446. The largest absolute Gasteiger partial charge is 0.383 e. The number of benzene rings is 1. The fourth-order valence-electron chi connectivity index (χ4n) is 2.47. The molecule has 0 aliphatic heterocycles. The van der Waals surface area contributed by atoms with Gasteiger partial charge in [-0.05, 0) is 36.5 Å². The summed E-state index contributed by atoms with van der Waals surface area (Å²) in [6, 6.07) is 6.93. The molecule has 0 unspecified atom stereocenters. The Balaban J connectivity index is 2.15. The summed E-state index contributed by atoms with van der Waals surface area (Å²) in [5, 5.41) is 4.39. The van der Waals surface area contributed by atoms with Crippen LogP contribution in [-0.2, 0) is 11.3 Å². The molecular weight excluding hydrogens is 284 g/mol. The van der Waals surface area contributed by atoms with E-state index in [1.165, 1.54) is 24.1 Å². The molecule has 0 atom stereocenters. The van der Waals surface area contributed by atoms with Crippen molar-refractivity contribution in [3.05, 3.63) is 28.8 Å². The predicted octanol–water partition coefficient (Wildman–Crippen LogP) is 3.70. The Labute approximate surface area is 133 Å². The fraction of sp³-hybridized carbons (Fsp3) is 0.647. The average Bonchev–Trinajstić information content (AvgIpc) is 3.26. The number of halogens is 1. The number of nitrogens with one attached hydrogen (secondary N) is 1. The molecule has 1 aromatic carbocycles. The maximum Gasteiger partial charge on any atom is 0.0637 e. The van der Waals surface area contributed by atoms with E-state index in [0.717, 1.165) is 31.3 Å². The van der Waals surface area contributed by atoms with Gasteiger partial charge in [-0.2, -0.15) is 0 Å². The normalized spacial score (nSPS) is 14.7. The van der Waals surface area contributed by atoms with Crippen LogP contribution in [0.25, 0.3) is 0 Å². The molecule has 21 heavy (non-hydrogen) atoms. The van der Waals surface area contributed by atoms with Crippen molar-refractivity contribution in [3.63, 3.8) is 0 Å². The van der Waals surface area contributed by atoms with Crippen molar-refractivity contribution in [2.75, 3.05) is 31.7 Å². The molecule has 0 bridgehead atoms. The standard InChI is InChI=1S/C17H27ClN2O/c1-13(2)12-20(8-9-21-3)17-10-15(18)5-4-14(17)11-19-16-6-7-16/h4-5,10,13,16,19H,6-9,11-12H2,1-3H3. The van der Waals surface area contributed by atoms with Crippen LogP contribution in [-0.4, -0.2) is 32.8 Å². The zero-order valence-electron chi connectivity index (χ0n) is 13.4. The lowest BCUT2D eigenvalue weighted by Crippen LogP contribution is -2.32. The van der Waals surface area contributed by atoms with Gasteiger partial charge >= 0.3 is 0 Å². The van der Waals surface area contributed by atoms with E-state index in [2.05, 4.69) is 36.2 Å². The van der Waals surface area contributed by atoms with Crippen LogP contribution in [0.3, 0.4) is 0 Å². The van der Waals surface area contributed by atoms with Gasteiger partial charge in [0.1, 0.15) is 0 Å². The first-order valence-electron chi connectivity index (χ1n) is 7.86. The second-order valence-corrected chi connectivity index (χ2v) is 6.70. The van der Waals surface area contributed by atoms with Gasteiger partial charge < -0.3 is 15.0 Å². The van der Waals surface area contributed by atoms with Crippen LogP contribution >= 0.6 is 11.6 Å². The molecule has 0 heterocycles. The molecule has 3 nitrogen and oxygen atoms in total. The molecule has 1 aliphatic carbocycles. The van der Waals surface area contributed by atoms with Gasteiger partial charge in [-0.15, -0.1) is 0 Å². The average molecular weight is 311 g/mol. The van der Waals surface area contributed by atoms with E-state index in [4.69, 9.17) is 16.3 Å². The first-order chi connectivity index (χ1) is 10.1. The van der Waals surface area contributed by atoms with Crippen LogP contribution in [0.4, 0.5) is 5.69 Å². The SMILES string of the molecule is COCCN(CC(C)C)c1cc(Cl)ccc1CNC1CC1. The van der Waals surface area contributed by atoms with Gasteiger partial charge in [-0.1, -0.05) is 31.5 Å². The molecule has 1 aromatic rings. The second-order valence-electron chi connectivity index (χ2n) is 6.26. The van der Waals surface area contributed by atoms with Gasteiger partial charge in [0.15, 0.2) is 0 Å².